The molecule has 0 unspecified atom stereocenters. The molecule has 0 saturated carbocycles. The molecule has 0 aliphatic carbocycles. The molecular formula is C25H28N8O. The van der Waals surface area contributed by atoms with Crippen molar-refractivity contribution in [2.75, 3.05) is 50.5 Å². The first-order chi connectivity index (χ1) is 16.6. The molecule has 1 fully saturated rings. The van der Waals surface area contributed by atoms with E-state index in [1.54, 1.807) is 25.2 Å². The van der Waals surface area contributed by atoms with Gasteiger partial charge in [0.25, 0.3) is 5.91 Å². The van der Waals surface area contributed by atoms with Crippen LogP contribution in [0.25, 0.3) is 11.0 Å². The van der Waals surface area contributed by atoms with Gasteiger partial charge >= 0.3 is 0 Å². The molecule has 9 nitrogen and oxygen atoms in total. The molecule has 1 aromatic carbocycles. The van der Waals surface area contributed by atoms with Gasteiger partial charge in [-0.1, -0.05) is 30.3 Å². The number of amides is 1. The summed E-state index contributed by atoms with van der Waals surface area (Å²) in [4.78, 5) is 30.5. The van der Waals surface area contributed by atoms with Gasteiger partial charge in [0.2, 0.25) is 5.95 Å². The van der Waals surface area contributed by atoms with Crippen LogP contribution in [0.5, 0.6) is 0 Å². The largest absolute Gasteiger partial charge is 0.368 e. The topological polar surface area (TPSA) is 91.2 Å². The van der Waals surface area contributed by atoms with E-state index in [4.69, 9.17) is 4.98 Å². The van der Waals surface area contributed by atoms with Gasteiger partial charge in [0.1, 0.15) is 17.2 Å². The SMILES string of the molecule is CN(C)C(=O)c1cc2cnc(Nc3ccc(N4CCNCC4)cn3)nc2n1Cc1ccccc1. The van der Waals surface area contributed by atoms with Crippen LogP contribution in [0.4, 0.5) is 17.5 Å². The molecule has 1 aliphatic heterocycles. The number of fused-ring (bicyclic) bond motifs is 1. The van der Waals surface area contributed by atoms with Gasteiger partial charge in [0.15, 0.2) is 0 Å². The fourth-order valence-electron chi connectivity index (χ4n) is 4.12. The predicted molar refractivity (Wildman–Crippen MR) is 134 cm³/mol. The molecule has 1 amide bonds. The summed E-state index contributed by atoms with van der Waals surface area (Å²) in [6, 6.07) is 15.9. The van der Waals surface area contributed by atoms with Crippen molar-refractivity contribution >= 4 is 34.4 Å². The molecule has 2 N–H and O–H groups in total. The zero-order chi connectivity index (χ0) is 23.5. The zero-order valence-corrected chi connectivity index (χ0v) is 19.4. The first kappa shape index (κ1) is 21.8. The van der Waals surface area contributed by atoms with Crippen LogP contribution in [-0.4, -0.2) is 70.6 Å². The monoisotopic (exact) mass is 456 g/mol. The van der Waals surface area contributed by atoms with Crippen molar-refractivity contribution in [3.63, 3.8) is 0 Å². The lowest BCUT2D eigenvalue weighted by molar-refractivity contribution is 0.0818. The number of carbonyl (C=O) groups is 1. The second-order valence-electron chi connectivity index (χ2n) is 8.54. The number of aromatic nitrogens is 4. The Kier molecular flexibility index (Phi) is 6.09. The van der Waals surface area contributed by atoms with Gasteiger partial charge in [0.05, 0.1) is 11.9 Å². The third-order valence-corrected chi connectivity index (χ3v) is 5.91. The summed E-state index contributed by atoms with van der Waals surface area (Å²) in [7, 11) is 3.50. The van der Waals surface area contributed by atoms with Crippen LogP contribution in [0.3, 0.4) is 0 Å². The highest BCUT2D eigenvalue weighted by molar-refractivity contribution is 5.97. The number of anilines is 3. The van der Waals surface area contributed by atoms with Crippen molar-refractivity contribution in [3.05, 3.63) is 72.2 Å². The summed E-state index contributed by atoms with van der Waals surface area (Å²) in [6.45, 7) is 4.44. The summed E-state index contributed by atoms with van der Waals surface area (Å²) < 4.78 is 1.95. The minimum atomic E-state index is -0.0754. The molecule has 34 heavy (non-hydrogen) atoms. The molecule has 3 aromatic heterocycles. The van der Waals surface area contributed by atoms with E-state index in [1.165, 1.54) is 0 Å². The Labute approximate surface area is 198 Å². The number of benzene rings is 1. The van der Waals surface area contributed by atoms with Crippen LogP contribution < -0.4 is 15.5 Å². The van der Waals surface area contributed by atoms with Crippen molar-refractivity contribution in [1.82, 2.24) is 29.7 Å². The summed E-state index contributed by atoms with van der Waals surface area (Å²) in [5.41, 5.74) is 3.47. The maximum absolute atomic E-state index is 12.9. The van der Waals surface area contributed by atoms with Crippen molar-refractivity contribution in [3.8, 4) is 0 Å². The Morgan fingerprint density at radius 2 is 1.85 bits per heavy atom. The minimum absolute atomic E-state index is 0.0754. The number of nitrogens with one attached hydrogen (secondary N) is 2. The summed E-state index contributed by atoms with van der Waals surface area (Å²) in [6.07, 6.45) is 3.62. The molecule has 5 rings (SSSR count). The lowest BCUT2D eigenvalue weighted by atomic mass is 10.2. The standard InChI is InChI=1S/C25H28N8O/c1-31(2)24(34)21-14-19-15-28-25(30-23(19)33(21)17-18-6-4-3-5-7-18)29-22-9-8-20(16-27-22)32-12-10-26-11-13-32/h3-9,14-16,26H,10-13,17H2,1-2H3,(H,27,28,29,30). The minimum Gasteiger partial charge on any atom is -0.368 e. The van der Waals surface area contributed by atoms with Gasteiger partial charge in [-0.25, -0.2) is 9.97 Å². The lowest BCUT2D eigenvalue weighted by Gasteiger charge is -2.29. The first-order valence-corrected chi connectivity index (χ1v) is 11.4. The van der Waals surface area contributed by atoms with E-state index in [0.29, 0.717) is 29.7 Å². The maximum atomic E-state index is 12.9. The molecular weight excluding hydrogens is 428 g/mol. The average molecular weight is 457 g/mol. The highest BCUT2D eigenvalue weighted by Gasteiger charge is 2.19. The van der Waals surface area contributed by atoms with Gasteiger partial charge in [-0.3, -0.25) is 4.79 Å². The Morgan fingerprint density at radius 1 is 1.06 bits per heavy atom. The number of pyridine rings is 1. The van der Waals surface area contributed by atoms with E-state index >= 15 is 0 Å². The highest BCUT2D eigenvalue weighted by atomic mass is 16.2. The number of rotatable bonds is 6. The van der Waals surface area contributed by atoms with E-state index in [9.17, 15) is 4.79 Å². The van der Waals surface area contributed by atoms with E-state index in [1.807, 2.05) is 53.2 Å². The third-order valence-electron chi connectivity index (χ3n) is 5.91. The summed E-state index contributed by atoms with van der Waals surface area (Å²) in [5, 5.41) is 7.38. The van der Waals surface area contributed by atoms with Crippen molar-refractivity contribution < 1.29 is 4.79 Å². The van der Waals surface area contributed by atoms with Crippen LogP contribution in [0.15, 0.2) is 60.9 Å². The molecule has 0 atom stereocenters. The molecule has 0 bridgehead atoms. The van der Waals surface area contributed by atoms with Crippen LogP contribution in [-0.2, 0) is 6.54 Å². The third kappa shape index (κ3) is 4.55. The van der Waals surface area contributed by atoms with E-state index < -0.39 is 0 Å². The number of carbonyl (C=O) groups excluding carboxylic acids is 1. The molecule has 9 heteroatoms. The average Bonchev–Trinajstić information content (AvgIpc) is 3.22. The molecule has 174 valence electrons. The Hall–Kier alpha value is -3.98. The fraction of sp³-hybridized carbons (Fsp3) is 0.280. The van der Waals surface area contributed by atoms with E-state index in [0.717, 1.165) is 42.8 Å². The number of hydrogen-bond acceptors (Lipinski definition) is 7. The molecule has 1 saturated heterocycles. The molecule has 4 aromatic rings. The van der Waals surface area contributed by atoms with Crippen LogP contribution in [0.2, 0.25) is 0 Å². The molecule has 4 heterocycles. The van der Waals surface area contributed by atoms with Gasteiger partial charge in [-0.15, -0.1) is 0 Å². The van der Waals surface area contributed by atoms with Crippen LogP contribution in [0.1, 0.15) is 16.1 Å². The maximum Gasteiger partial charge on any atom is 0.270 e. The van der Waals surface area contributed by atoms with Crippen molar-refractivity contribution in [1.29, 1.82) is 0 Å². The van der Waals surface area contributed by atoms with Crippen molar-refractivity contribution in [2.45, 2.75) is 6.54 Å². The number of hydrogen-bond donors (Lipinski definition) is 2. The normalized spacial score (nSPS) is 13.8. The van der Waals surface area contributed by atoms with Gasteiger partial charge in [0, 0.05) is 58.4 Å². The Morgan fingerprint density at radius 3 is 2.56 bits per heavy atom. The van der Waals surface area contributed by atoms with E-state index in [-0.39, 0.29) is 5.91 Å². The van der Waals surface area contributed by atoms with Crippen LogP contribution in [0, 0.1) is 0 Å². The molecule has 0 radical (unpaired) electrons. The summed E-state index contributed by atoms with van der Waals surface area (Å²) >= 11 is 0. The second-order valence-corrected chi connectivity index (χ2v) is 8.54. The fourth-order valence-corrected chi connectivity index (χ4v) is 4.12. The predicted octanol–water partition coefficient (Wildman–Crippen LogP) is 2.73. The molecule has 0 spiro atoms. The number of piperazine rings is 1. The zero-order valence-electron chi connectivity index (χ0n) is 19.4. The number of nitrogens with zero attached hydrogens (tertiary/aromatic N) is 6. The smallest absolute Gasteiger partial charge is 0.270 e. The van der Waals surface area contributed by atoms with Gasteiger partial charge in [-0.05, 0) is 23.8 Å². The molecule has 1 aliphatic rings. The first-order valence-electron chi connectivity index (χ1n) is 11.4. The Bertz CT molecular complexity index is 1280. The van der Waals surface area contributed by atoms with Crippen molar-refractivity contribution in [2.24, 2.45) is 0 Å². The quantitative estimate of drug-likeness (QED) is 0.461. The summed E-state index contributed by atoms with van der Waals surface area (Å²) in [5.74, 6) is 1.03. The van der Waals surface area contributed by atoms with Gasteiger partial charge < -0.3 is 25.0 Å². The highest BCUT2D eigenvalue weighted by Crippen LogP contribution is 2.23. The van der Waals surface area contributed by atoms with E-state index in [2.05, 4.69) is 31.6 Å². The second kappa shape index (κ2) is 9.48. The van der Waals surface area contributed by atoms with Gasteiger partial charge in [-0.2, -0.15) is 4.98 Å². The Balaban J connectivity index is 1.44. The lowest BCUT2D eigenvalue weighted by Crippen LogP contribution is -2.43. The van der Waals surface area contributed by atoms with Crippen LogP contribution >= 0.6 is 0 Å².